The Labute approximate surface area is 145 Å². The summed E-state index contributed by atoms with van der Waals surface area (Å²) in [6.07, 6.45) is 1.76. The maximum atomic E-state index is 13.8. The number of aromatic amines is 1. The summed E-state index contributed by atoms with van der Waals surface area (Å²) in [5, 5.41) is 3.57. The minimum absolute atomic E-state index is 0.108. The molecule has 134 valence electrons. The Bertz CT molecular complexity index is 802. The number of halogens is 1. The van der Waals surface area contributed by atoms with Crippen LogP contribution in [0, 0.1) is 18.7 Å². The van der Waals surface area contributed by atoms with E-state index in [0.29, 0.717) is 36.2 Å². The fraction of sp³-hybridized carbons (Fsp3) is 0.444. The second kappa shape index (κ2) is 7.23. The summed E-state index contributed by atoms with van der Waals surface area (Å²) in [7, 11) is 0. The highest BCUT2D eigenvalue weighted by molar-refractivity contribution is 6.00. The van der Waals surface area contributed by atoms with Gasteiger partial charge in [-0.05, 0) is 37.9 Å². The number of benzene rings is 1. The molecule has 0 unspecified atom stereocenters. The van der Waals surface area contributed by atoms with Gasteiger partial charge in [0.15, 0.2) is 0 Å². The lowest BCUT2D eigenvalue weighted by atomic mass is 9.97. The molecule has 1 aromatic carbocycles. The lowest BCUT2D eigenvalue weighted by Crippen LogP contribution is -2.44. The SMILES string of the molecule is Cc1c(C(=O)NCCN2CCC[C@H](C(N)=O)C2)[nH]c2c(F)cccc12. The van der Waals surface area contributed by atoms with Crippen molar-refractivity contribution < 1.29 is 14.0 Å². The van der Waals surface area contributed by atoms with Crippen molar-refractivity contribution in [3.8, 4) is 0 Å². The molecule has 1 saturated heterocycles. The van der Waals surface area contributed by atoms with E-state index in [-0.39, 0.29) is 23.5 Å². The monoisotopic (exact) mass is 346 g/mol. The Kier molecular flexibility index (Phi) is 5.03. The Morgan fingerprint density at radius 2 is 2.24 bits per heavy atom. The van der Waals surface area contributed by atoms with Crippen LogP contribution in [-0.2, 0) is 4.79 Å². The molecule has 4 N–H and O–H groups in total. The van der Waals surface area contributed by atoms with Crippen molar-refractivity contribution in [1.82, 2.24) is 15.2 Å². The first-order valence-corrected chi connectivity index (χ1v) is 8.54. The van der Waals surface area contributed by atoms with Gasteiger partial charge in [-0.1, -0.05) is 12.1 Å². The number of aryl methyl sites for hydroxylation is 1. The molecule has 1 atom stereocenters. The molecular formula is C18H23FN4O2. The number of nitrogens with two attached hydrogens (primary N) is 1. The molecule has 25 heavy (non-hydrogen) atoms. The lowest BCUT2D eigenvalue weighted by molar-refractivity contribution is -0.123. The van der Waals surface area contributed by atoms with Gasteiger partial charge in [-0.3, -0.25) is 9.59 Å². The van der Waals surface area contributed by atoms with Crippen LogP contribution in [0.2, 0.25) is 0 Å². The first-order valence-electron chi connectivity index (χ1n) is 8.54. The molecule has 7 heteroatoms. The van der Waals surface area contributed by atoms with Crippen LogP contribution in [0.1, 0.15) is 28.9 Å². The zero-order chi connectivity index (χ0) is 18.0. The maximum Gasteiger partial charge on any atom is 0.268 e. The minimum Gasteiger partial charge on any atom is -0.369 e. The number of para-hydroxylation sites is 1. The Morgan fingerprint density at radius 1 is 1.44 bits per heavy atom. The number of primary amides is 1. The van der Waals surface area contributed by atoms with Crippen molar-refractivity contribution in [2.24, 2.45) is 11.7 Å². The Balaban J connectivity index is 1.59. The van der Waals surface area contributed by atoms with E-state index in [1.807, 2.05) is 0 Å². The number of fused-ring (bicyclic) bond motifs is 1. The predicted molar refractivity (Wildman–Crippen MR) is 93.7 cm³/mol. The summed E-state index contributed by atoms with van der Waals surface area (Å²) >= 11 is 0. The number of carbonyl (C=O) groups excluding carboxylic acids is 2. The van der Waals surface area contributed by atoms with Gasteiger partial charge in [0, 0.05) is 25.0 Å². The van der Waals surface area contributed by atoms with Gasteiger partial charge in [-0.25, -0.2) is 4.39 Å². The van der Waals surface area contributed by atoms with Crippen LogP contribution in [-0.4, -0.2) is 47.9 Å². The molecule has 1 aliphatic rings. The van der Waals surface area contributed by atoms with Crippen LogP contribution in [0.3, 0.4) is 0 Å². The molecule has 2 amide bonds. The number of carbonyl (C=O) groups is 2. The second-order valence-corrected chi connectivity index (χ2v) is 6.59. The molecule has 0 bridgehead atoms. The summed E-state index contributed by atoms with van der Waals surface area (Å²) < 4.78 is 13.8. The van der Waals surface area contributed by atoms with Crippen LogP contribution in [0.25, 0.3) is 10.9 Å². The fourth-order valence-corrected chi connectivity index (χ4v) is 3.45. The summed E-state index contributed by atoms with van der Waals surface area (Å²) in [5.41, 5.74) is 6.85. The molecule has 0 radical (unpaired) electrons. The van der Waals surface area contributed by atoms with Gasteiger partial charge in [0.25, 0.3) is 5.91 Å². The number of aromatic nitrogens is 1. The number of H-pyrrole nitrogens is 1. The van der Waals surface area contributed by atoms with E-state index >= 15 is 0 Å². The third kappa shape index (κ3) is 3.66. The van der Waals surface area contributed by atoms with Crippen LogP contribution in [0.4, 0.5) is 4.39 Å². The number of amides is 2. The summed E-state index contributed by atoms with van der Waals surface area (Å²) in [6, 6.07) is 4.79. The van der Waals surface area contributed by atoms with Gasteiger partial charge in [-0.15, -0.1) is 0 Å². The van der Waals surface area contributed by atoms with Gasteiger partial charge in [0.05, 0.1) is 11.4 Å². The normalized spacial score (nSPS) is 18.4. The van der Waals surface area contributed by atoms with Crippen molar-refractivity contribution >= 4 is 22.7 Å². The number of hydrogen-bond acceptors (Lipinski definition) is 3. The van der Waals surface area contributed by atoms with E-state index in [4.69, 9.17) is 5.73 Å². The first-order chi connectivity index (χ1) is 12.0. The van der Waals surface area contributed by atoms with E-state index < -0.39 is 0 Å². The molecule has 6 nitrogen and oxygen atoms in total. The molecule has 0 aliphatic carbocycles. The molecule has 2 heterocycles. The molecule has 1 aromatic heterocycles. The number of likely N-dealkylation sites (tertiary alicyclic amines) is 1. The molecule has 3 rings (SSSR count). The number of nitrogens with one attached hydrogen (secondary N) is 2. The van der Waals surface area contributed by atoms with E-state index in [9.17, 15) is 14.0 Å². The van der Waals surface area contributed by atoms with Crippen LogP contribution in [0.5, 0.6) is 0 Å². The zero-order valence-corrected chi connectivity index (χ0v) is 14.3. The molecule has 2 aromatic rings. The molecular weight excluding hydrogens is 323 g/mol. The highest BCUT2D eigenvalue weighted by atomic mass is 19.1. The van der Waals surface area contributed by atoms with Crippen molar-refractivity contribution in [2.45, 2.75) is 19.8 Å². The van der Waals surface area contributed by atoms with Crippen molar-refractivity contribution in [3.63, 3.8) is 0 Å². The van der Waals surface area contributed by atoms with Gasteiger partial charge in [0.2, 0.25) is 5.91 Å². The van der Waals surface area contributed by atoms with Crippen LogP contribution in [0.15, 0.2) is 18.2 Å². The van der Waals surface area contributed by atoms with Gasteiger partial charge >= 0.3 is 0 Å². The average molecular weight is 346 g/mol. The van der Waals surface area contributed by atoms with E-state index in [1.165, 1.54) is 6.07 Å². The smallest absolute Gasteiger partial charge is 0.268 e. The summed E-state index contributed by atoms with van der Waals surface area (Å²) in [6.45, 7) is 4.46. The average Bonchev–Trinajstić information content (AvgIpc) is 2.94. The summed E-state index contributed by atoms with van der Waals surface area (Å²) in [5.74, 6) is -0.991. The van der Waals surface area contributed by atoms with Crippen LogP contribution < -0.4 is 11.1 Å². The van der Waals surface area contributed by atoms with Crippen molar-refractivity contribution in [3.05, 3.63) is 35.3 Å². The summed E-state index contributed by atoms with van der Waals surface area (Å²) in [4.78, 5) is 28.7. The first kappa shape index (κ1) is 17.4. The van der Waals surface area contributed by atoms with Gasteiger partial charge < -0.3 is 20.9 Å². The predicted octanol–water partition coefficient (Wildman–Crippen LogP) is 1.54. The topological polar surface area (TPSA) is 91.2 Å². The fourth-order valence-electron chi connectivity index (χ4n) is 3.45. The highest BCUT2D eigenvalue weighted by Gasteiger charge is 2.24. The highest BCUT2D eigenvalue weighted by Crippen LogP contribution is 2.23. The Hall–Kier alpha value is -2.41. The Morgan fingerprint density at radius 3 is 2.96 bits per heavy atom. The van der Waals surface area contributed by atoms with E-state index in [0.717, 1.165) is 24.9 Å². The second-order valence-electron chi connectivity index (χ2n) is 6.59. The number of piperidine rings is 1. The van der Waals surface area contributed by atoms with Crippen molar-refractivity contribution in [2.75, 3.05) is 26.2 Å². The molecule has 0 spiro atoms. The number of hydrogen-bond donors (Lipinski definition) is 3. The quantitative estimate of drug-likeness (QED) is 0.767. The van der Waals surface area contributed by atoms with E-state index in [1.54, 1.807) is 19.1 Å². The molecule has 1 fully saturated rings. The maximum absolute atomic E-state index is 13.8. The number of nitrogens with zero attached hydrogens (tertiary/aromatic N) is 1. The third-order valence-corrected chi connectivity index (χ3v) is 4.89. The van der Waals surface area contributed by atoms with E-state index in [2.05, 4.69) is 15.2 Å². The largest absolute Gasteiger partial charge is 0.369 e. The minimum atomic E-state index is -0.370. The van der Waals surface area contributed by atoms with Crippen molar-refractivity contribution in [1.29, 1.82) is 0 Å². The third-order valence-electron chi connectivity index (χ3n) is 4.89. The molecule has 0 saturated carbocycles. The standard InChI is InChI=1S/C18H23FN4O2/c1-11-13-5-2-6-14(19)16(13)22-15(11)18(25)21-7-9-23-8-3-4-12(10-23)17(20)24/h2,5-6,12,22H,3-4,7-10H2,1H3,(H2,20,24)(H,21,25)/t12-/m0/s1. The lowest BCUT2D eigenvalue weighted by Gasteiger charge is -2.31. The zero-order valence-electron chi connectivity index (χ0n) is 14.3. The van der Waals surface area contributed by atoms with Crippen LogP contribution >= 0.6 is 0 Å². The van der Waals surface area contributed by atoms with Gasteiger partial charge in [-0.2, -0.15) is 0 Å². The number of rotatable bonds is 5. The van der Waals surface area contributed by atoms with Gasteiger partial charge in [0.1, 0.15) is 11.5 Å². The molecule has 1 aliphatic heterocycles.